The van der Waals surface area contributed by atoms with Gasteiger partial charge in [0.25, 0.3) is 0 Å². The van der Waals surface area contributed by atoms with Gasteiger partial charge in [0.05, 0.1) is 6.04 Å². The monoisotopic (exact) mass is 516 g/mol. The van der Waals surface area contributed by atoms with Gasteiger partial charge in [0.1, 0.15) is 12.2 Å². The fourth-order valence-corrected chi connectivity index (χ4v) is 3.42. The Balaban J connectivity index is 2.10. The molecule has 0 fully saturated rings. The number of benzene rings is 2. The number of carbonyl (C=O) groups is 2. The van der Waals surface area contributed by atoms with Gasteiger partial charge in [-0.15, -0.1) is 6.58 Å². The van der Waals surface area contributed by atoms with E-state index in [1.54, 1.807) is 31.7 Å². The molecule has 0 aliphatic heterocycles. The summed E-state index contributed by atoms with van der Waals surface area (Å²) < 4.78 is 11.9. The summed E-state index contributed by atoms with van der Waals surface area (Å²) in [5, 5.41) is 2.81. The molecule has 178 valence electrons. The van der Waals surface area contributed by atoms with E-state index in [-0.39, 0.29) is 18.7 Å². The second kappa shape index (κ2) is 12.4. The van der Waals surface area contributed by atoms with Gasteiger partial charge in [-0.1, -0.05) is 64.5 Å². The first-order chi connectivity index (χ1) is 15.6. The van der Waals surface area contributed by atoms with Crippen LogP contribution >= 0.6 is 15.9 Å². The van der Waals surface area contributed by atoms with Gasteiger partial charge in [0.15, 0.2) is 0 Å². The molecule has 0 radical (unpaired) electrons. The summed E-state index contributed by atoms with van der Waals surface area (Å²) in [4.78, 5) is 26.9. The summed E-state index contributed by atoms with van der Waals surface area (Å²) in [6.07, 6.45) is 1.16. The zero-order chi connectivity index (χ0) is 24.4. The Bertz CT molecular complexity index is 910. The maximum absolute atomic E-state index is 13.1. The molecule has 0 saturated heterocycles. The van der Waals surface area contributed by atoms with Gasteiger partial charge in [-0.3, -0.25) is 0 Å². The minimum Gasteiger partial charge on any atom is -0.445 e. The van der Waals surface area contributed by atoms with E-state index in [0.717, 1.165) is 15.6 Å². The van der Waals surface area contributed by atoms with Gasteiger partial charge in [-0.05, 0) is 57.4 Å². The lowest BCUT2D eigenvalue weighted by Gasteiger charge is -2.31. The van der Waals surface area contributed by atoms with Crippen LogP contribution in [-0.2, 0) is 22.6 Å². The molecule has 0 unspecified atom stereocenters. The summed E-state index contributed by atoms with van der Waals surface area (Å²) in [6, 6.07) is 16.7. The molecule has 33 heavy (non-hydrogen) atoms. The van der Waals surface area contributed by atoms with Crippen molar-refractivity contribution >= 4 is 28.1 Å². The number of nitrogens with one attached hydrogen (secondary N) is 1. The van der Waals surface area contributed by atoms with Crippen molar-refractivity contribution in [2.45, 2.75) is 65.0 Å². The molecule has 2 aromatic carbocycles. The molecule has 0 spiro atoms. The van der Waals surface area contributed by atoms with Gasteiger partial charge >= 0.3 is 12.2 Å². The van der Waals surface area contributed by atoms with E-state index in [9.17, 15) is 9.59 Å². The molecule has 2 rings (SSSR count). The number of amides is 2. The maximum Gasteiger partial charge on any atom is 0.410 e. The molecule has 0 aliphatic carbocycles. The van der Waals surface area contributed by atoms with E-state index < -0.39 is 17.8 Å². The third kappa shape index (κ3) is 9.70. The quantitative estimate of drug-likeness (QED) is 0.389. The average Bonchev–Trinajstić information content (AvgIpc) is 2.75. The fourth-order valence-electron chi connectivity index (χ4n) is 3.16. The second-order valence-electron chi connectivity index (χ2n) is 8.87. The Labute approximate surface area is 205 Å². The van der Waals surface area contributed by atoms with E-state index in [0.29, 0.717) is 13.0 Å². The molecule has 0 heterocycles. The van der Waals surface area contributed by atoms with Crippen LogP contribution in [0.5, 0.6) is 0 Å². The molecule has 0 aliphatic rings. The molecule has 2 amide bonds. The molecular weight excluding hydrogens is 484 g/mol. The Hall–Kier alpha value is -2.80. The Morgan fingerprint density at radius 1 is 1.09 bits per heavy atom. The lowest BCUT2D eigenvalue weighted by Crippen LogP contribution is -2.44. The summed E-state index contributed by atoms with van der Waals surface area (Å²) in [7, 11) is 0. The Morgan fingerprint density at radius 2 is 1.73 bits per heavy atom. The minimum atomic E-state index is -0.601. The van der Waals surface area contributed by atoms with Gasteiger partial charge in [-0.25, -0.2) is 9.59 Å². The number of rotatable bonds is 9. The lowest BCUT2D eigenvalue weighted by molar-refractivity contribution is 0.0500. The van der Waals surface area contributed by atoms with E-state index in [1.807, 2.05) is 61.5 Å². The number of alkyl carbamates (subject to hydrolysis) is 1. The van der Waals surface area contributed by atoms with Crippen LogP contribution in [0.3, 0.4) is 0 Å². The highest BCUT2D eigenvalue weighted by Crippen LogP contribution is 2.18. The summed E-state index contributed by atoms with van der Waals surface area (Å²) >= 11 is 3.44. The van der Waals surface area contributed by atoms with E-state index in [2.05, 4.69) is 27.8 Å². The third-order valence-electron chi connectivity index (χ3n) is 4.82. The van der Waals surface area contributed by atoms with Crippen LogP contribution < -0.4 is 5.32 Å². The summed E-state index contributed by atoms with van der Waals surface area (Å²) in [5.41, 5.74) is 1.28. The number of hydrogen-bond acceptors (Lipinski definition) is 4. The van der Waals surface area contributed by atoms with Crippen LogP contribution in [-0.4, -0.2) is 34.8 Å². The molecular formula is C26H33BrN2O4. The van der Waals surface area contributed by atoms with Crippen molar-refractivity contribution in [3.8, 4) is 0 Å². The van der Waals surface area contributed by atoms with Crippen LogP contribution in [0.15, 0.2) is 71.7 Å². The number of ether oxygens (including phenoxy) is 2. The minimum absolute atomic E-state index is 0.185. The van der Waals surface area contributed by atoms with Crippen LogP contribution in [0.4, 0.5) is 9.59 Å². The molecule has 6 nitrogen and oxygen atoms in total. The second-order valence-corrected chi connectivity index (χ2v) is 9.78. The predicted molar refractivity (Wildman–Crippen MR) is 134 cm³/mol. The first kappa shape index (κ1) is 26.5. The lowest BCUT2D eigenvalue weighted by atomic mass is 10.1. The van der Waals surface area contributed by atoms with Gasteiger partial charge in [0.2, 0.25) is 0 Å². The highest BCUT2D eigenvalue weighted by atomic mass is 79.9. The van der Waals surface area contributed by atoms with Crippen LogP contribution in [0.1, 0.15) is 45.2 Å². The SMILES string of the molecule is C=C[C@@H](C[C@H](C)N(Cc1ccc(Br)cc1)C(=O)OCc1ccccc1)NC(=O)OC(C)(C)C. The smallest absolute Gasteiger partial charge is 0.410 e. The van der Waals surface area contributed by atoms with Crippen molar-refractivity contribution in [1.29, 1.82) is 0 Å². The van der Waals surface area contributed by atoms with E-state index >= 15 is 0 Å². The molecule has 0 bridgehead atoms. The van der Waals surface area contributed by atoms with Crippen molar-refractivity contribution in [2.24, 2.45) is 0 Å². The summed E-state index contributed by atoms with van der Waals surface area (Å²) in [5.74, 6) is 0. The normalized spacial score (nSPS) is 12.9. The largest absolute Gasteiger partial charge is 0.445 e. The number of carbonyl (C=O) groups excluding carboxylic acids is 2. The zero-order valence-corrected chi connectivity index (χ0v) is 21.3. The van der Waals surface area contributed by atoms with Crippen molar-refractivity contribution in [2.75, 3.05) is 0 Å². The number of halogens is 1. The fraction of sp³-hybridized carbons (Fsp3) is 0.385. The maximum atomic E-state index is 13.1. The van der Waals surface area contributed by atoms with Crippen molar-refractivity contribution in [3.63, 3.8) is 0 Å². The molecule has 0 saturated carbocycles. The summed E-state index contributed by atoms with van der Waals surface area (Å²) in [6.45, 7) is 11.7. The van der Waals surface area contributed by atoms with Crippen molar-refractivity contribution < 1.29 is 19.1 Å². The van der Waals surface area contributed by atoms with Crippen LogP contribution in [0, 0.1) is 0 Å². The molecule has 1 N–H and O–H groups in total. The molecule has 2 atom stereocenters. The molecule has 7 heteroatoms. The van der Waals surface area contributed by atoms with Gasteiger partial charge in [0, 0.05) is 17.1 Å². The highest BCUT2D eigenvalue weighted by Gasteiger charge is 2.26. The van der Waals surface area contributed by atoms with E-state index in [4.69, 9.17) is 9.47 Å². The first-order valence-corrected chi connectivity index (χ1v) is 11.7. The number of nitrogens with zero attached hydrogens (tertiary/aromatic N) is 1. The zero-order valence-electron chi connectivity index (χ0n) is 19.7. The predicted octanol–water partition coefficient (Wildman–Crippen LogP) is 6.45. The molecule has 0 aromatic heterocycles. The Morgan fingerprint density at radius 3 is 2.30 bits per heavy atom. The van der Waals surface area contributed by atoms with Gasteiger partial charge < -0.3 is 19.7 Å². The number of hydrogen-bond donors (Lipinski definition) is 1. The first-order valence-electron chi connectivity index (χ1n) is 10.9. The third-order valence-corrected chi connectivity index (χ3v) is 5.35. The van der Waals surface area contributed by atoms with Gasteiger partial charge in [-0.2, -0.15) is 0 Å². The highest BCUT2D eigenvalue weighted by molar-refractivity contribution is 9.10. The van der Waals surface area contributed by atoms with E-state index in [1.165, 1.54) is 0 Å². The molecule has 2 aromatic rings. The van der Waals surface area contributed by atoms with Crippen LogP contribution in [0.25, 0.3) is 0 Å². The van der Waals surface area contributed by atoms with Crippen LogP contribution in [0.2, 0.25) is 0 Å². The average molecular weight is 517 g/mol. The standard InChI is InChI=1S/C26H33BrN2O4/c1-6-23(28-24(30)33-26(3,4)5)16-19(2)29(17-20-12-14-22(27)15-13-20)25(31)32-18-21-10-8-7-9-11-21/h6-15,19,23H,1,16-18H2,2-5H3,(H,28,30)/t19-,23-/m0/s1. The topological polar surface area (TPSA) is 67.9 Å². The Kier molecular flexibility index (Phi) is 9.97. The van der Waals surface area contributed by atoms with Crippen molar-refractivity contribution in [3.05, 3.63) is 82.9 Å². The van der Waals surface area contributed by atoms with Crippen molar-refractivity contribution in [1.82, 2.24) is 10.2 Å².